The molecule has 4 rings (SSSR count). The zero-order chi connectivity index (χ0) is 21.3. The summed E-state index contributed by atoms with van der Waals surface area (Å²) in [5.41, 5.74) is 3.46. The van der Waals surface area contributed by atoms with E-state index in [0.717, 1.165) is 29.5 Å². The Bertz CT molecular complexity index is 1060. The van der Waals surface area contributed by atoms with Gasteiger partial charge in [0.15, 0.2) is 0 Å². The number of fused-ring (bicyclic) bond motifs is 1. The average Bonchev–Trinajstić information content (AvgIpc) is 3.45. The highest BCUT2D eigenvalue weighted by molar-refractivity contribution is 6.58. The second-order valence-corrected chi connectivity index (χ2v) is 7.32. The van der Waals surface area contributed by atoms with Crippen LogP contribution in [0, 0.1) is 0 Å². The normalized spacial score (nSPS) is 15.8. The standard InChI is InChI=1S/C19H18B3N5O3/c1-29-7-6-27-10-13(9-23-27)17(28)24-15-5-3-11-8-12(2-4-14(11)15)16-25-18(30-26-16)19(20,21)22/h2,4,8-10,15H,3,5-7H2,1H3,(H,24,28)/t15-/m1/s1. The fraction of sp³-hybridized carbons (Fsp3) is 0.368. The molecular weight excluding hydrogens is 379 g/mol. The molecule has 0 saturated heterocycles. The van der Waals surface area contributed by atoms with Crippen molar-refractivity contribution in [2.75, 3.05) is 13.7 Å². The molecule has 0 unspecified atom stereocenters. The van der Waals surface area contributed by atoms with Crippen molar-refractivity contribution in [2.45, 2.75) is 30.5 Å². The number of ether oxygens (including phenoxy) is 1. The van der Waals surface area contributed by atoms with E-state index < -0.39 is 5.11 Å². The van der Waals surface area contributed by atoms with E-state index in [4.69, 9.17) is 32.8 Å². The van der Waals surface area contributed by atoms with Gasteiger partial charge in [-0.15, -0.1) is 0 Å². The molecule has 1 aliphatic rings. The number of carbonyl (C=O) groups excluding carboxylic acids is 1. The summed E-state index contributed by atoms with van der Waals surface area (Å²) in [6, 6.07) is 5.73. The summed E-state index contributed by atoms with van der Waals surface area (Å²) in [5, 5.41) is 9.47. The number of hydrogen-bond donors (Lipinski definition) is 1. The van der Waals surface area contributed by atoms with E-state index in [2.05, 4.69) is 20.6 Å². The first-order valence-corrected chi connectivity index (χ1v) is 9.51. The fourth-order valence-electron chi connectivity index (χ4n) is 3.45. The van der Waals surface area contributed by atoms with Crippen LogP contribution in [0.4, 0.5) is 0 Å². The van der Waals surface area contributed by atoms with Crippen molar-refractivity contribution in [1.29, 1.82) is 0 Å². The summed E-state index contributed by atoms with van der Waals surface area (Å²) >= 11 is 0. The number of nitrogens with zero attached hydrogens (tertiary/aromatic N) is 4. The number of nitrogens with one attached hydrogen (secondary N) is 1. The molecule has 2 aromatic heterocycles. The zero-order valence-electron chi connectivity index (χ0n) is 16.5. The molecule has 1 aromatic carbocycles. The molecule has 1 aliphatic carbocycles. The van der Waals surface area contributed by atoms with E-state index in [0.29, 0.717) is 24.5 Å². The second-order valence-electron chi connectivity index (χ2n) is 7.32. The SMILES string of the molecule is [B]C([B])([B])c1nc(-c2ccc3c(c2)CC[C@H]3NC(=O)c2cnn(CCOC)c2)no1. The third kappa shape index (κ3) is 4.21. The highest BCUT2D eigenvalue weighted by atomic mass is 16.5. The van der Waals surface area contributed by atoms with Crippen molar-refractivity contribution in [2.24, 2.45) is 0 Å². The lowest BCUT2D eigenvalue weighted by atomic mass is 9.42. The molecule has 30 heavy (non-hydrogen) atoms. The van der Waals surface area contributed by atoms with E-state index in [1.54, 1.807) is 24.2 Å². The van der Waals surface area contributed by atoms with Crippen molar-refractivity contribution >= 4 is 29.4 Å². The van der Waals surface area contributed by atoms with Crippen molar-refractivity contribution in [3.8, 4) is 11.4 Å². The van der Waals surface area contributed by atoms with Crippen molar-refractivity contribution in [3.05, 3.63) is 53.2 Å². The maximum Gasteiger partial charge on any atom is 0.254 e. The zero-order valence-corrected chi connectivity index (χ0v) is 16.5. The number of methoxy groups -OCH3 is 1. The third-order valence-electron chi connectivity index (χ3n) is 5.00. The number of amides is 1. The van der Waals surface area contributed by atoms with Gasteiger partial charge in [0.1, 0.15) is 0 Å². The average molecular weight is 397 g/mol. The predicted octanol–water partition coefficient (Wildman–Crippen LogP) is 0.613. The molecule has 0 aliphatic heterocycles. The quantitative estimate of drug-likeness (QED) is 0.588. The molecule has 0 saturated carbocycles. The maximum atomic E-state index is 12.6. The van der Waals surface area contributed by atoms with Crippen LogP contribution in [0.25, 0.3) is 11.4 Å². The molecular formula is C19H18B3N5O3. The Morgan fingerprint density at radius 3 is 2.97 bits per heavy atom. The number of aryl methyl sites for hydroxylation is 1. The van der Waals surface area contributed by atoms with Crippen LogP contribution < -0.4 is 5.32 Å². The molecule has 1 N–H and O–H groups in total. The summed E-state index contributed by atoms with van der Waals surface area (Å²) < 4.78 is 11.8. The van der Waals surface area contributed by atoms with Crippen molar-refractivity contribution in [1.82, 2.24) is 25.2 Å². The van der Waals surface area contributed by atoms with Gasteiger partial charge in [-0.05, 0) is 30.0 Å². The largest absolute Gasteiger partial charge is 0.383 e. The first-order chi connectivity index (χ1) is 14.3. The topological polar surface area (TPSA) is 95.1 Å². The van der Waals surface area contributed by atoms with E-state index in [9.17, 15) is 4.79 Å². The highest BCUT2D eigenvalue weighted by Crippen LogP contribution is 2.34. The van der Waals surface area contributed by atoms with Gasteiger partial charge < -0.3 is 14.6 Å². The van der Waals surface area contributed by atoms with Gasteiger partial charge in [0.05, 0.1) is 54.5 Å². The Morgan fingerprint density at radius 2 is 2.23 bits per heavy atom. The molecule has 0 fully saturated rings. The van der Waals surface area contributed by atoms with Gasteiger partial charge in [-0.3, -0.25) is 9.48 Å². The van der Waals surface area contributed by atoms with E-state index in [-0.39, 0.29) is 17.8 Å². The van der Waals surface area contributed by atoms with Crippen molar-refractivity contribution in [3.63, 3.8) is 0 Å². The third-order valence-corrected chi connectivity index (χ3v) is 5.00. The van der Waals surface area contributed by atoms with Crippen LogP contribution in [0.15, 0.2) is 35.1 Å². The van der Waals surface area contributed by atoms with E-state index in [1.807, 2.05) is 18.2 Å². The van der Waals surface area contributed by atoms with Crippen molar-refractivity contribution < 1.29 is 14.1 Å². The van der Waals surface area contributed by atoms with Crippen LogP contribution in [-0.4, -0.2) is 63.1 Å². The van der Waals surface area contributed by atoms with E-state index in [1.165, 1.54) is 0 Å². The maximum absolute atomic E-state index is 12.6. The van der Waals surface area contributed by atoms with Gasteiger partial charge in [-0.2, -0.15) is 10.1 Å². The molecule has 3 aromatic rings. The van der Waals surface area contributed by atoms with Gasteiger partial charge in [0.2, 0.25) is 11.7 Å². The summed E-state index contributed by atoms with van der Waals surface area (Å²) in [5.74, 6) is 0.150. The molecule has 0 bridgehead atoms. The molecule has 146 valence electrons. The number of rotatable bonds is 7. The Balaban J connectivity index is 1.46. The summed E-state index contributed by atoms with van der Waals surface area (Å²) in [6.07, 6.45) is 4.90. The summed E-state index contributed by atoms with van der Waals surface area (Å²) in [4.78, 5) is 16.8. The van der Waals surface area contributed by atoms with Crippen LogP contribution in [0.1, 0.15) is 39.8 Å². The van der Waals surface area contributed by atoms with Gasteiger partial charge >= 0.3 is 0 Å². The lowest BCUT2D eigenvalue weighted by Crippen LogP contribution is -2.27. The summed E-state index contributed by atoms with van der Waals surface area (Å²) in [7, 11) is 18.4. The molecule has 11 heteroatoms. The second kappa shape index (κ2) is 8.14. The Labute approximate surface area is 178 Å². The Morgan fingerprint density at radius 1 is 1.40 bits per heavy atom. The van der Waals surface area contributed by atoms with Gasteiger partial charge in [0, 0.05) is 18.9 Å². The predicted molar refractivity (Wildman–Crippen MR) is 111 cm³/mol. The first-order valence-electron chi connectivity index (χ1n) is 9.51. The number of hydrogen-bond acceptors (Lipinski definition) is 6. The van der Waals surface area contributed by atoms with E-state index >= 15 is 0 Å². The van der Waals surface area contributed by atoms with Gasteiger partial charge in [0.25, 0.3) is 5.91 Å². The lowest BCUT2D eigenvalue weighted by Gasteiger charge is -2.13. The molecule has 0 spiro atoms. The fourth-order valence-corrected chi connectivity index (χ4v) is 3.45. The van der Waals surface area contributed by atoms with Crippen LogP contribution >= 0.6 is 0 Å². The Hall–Kier alpha value is -2.81. The smallest absolute Gasteiger partial charge is 0.254 e. The van der Waals surface area contributed by atoms with Gasteiger partial charge in [-0.1, -0.05) is 22.4 Å². The molecule has 8 nitrogen and oxygen atoms in total. The monoisotopic (exact) mass is 397 g/mol. The summed E-state index contributed by atoms with van der Waals surface area (Å²) in [6.45, 7) is 1.13. The van der Waals surface area contributed by atoms with Crippen LogP contribution in [0.2, 0.25) is 0 Å². The number of carbonyl (C=O) groups is 1. The highest BCUT2D eigenvalue weighted by Gasteiger charge is 2.26. The van der Waals surface area contributed by atoms with Gasteiger partial charge in [-0.25, -0.2) is 0 Å². The molecule has 1 amide bonds. The molecule has 6 radical (unpaired) electrons. The minimum atomic E-state index is -1.69. The number of aromatic nitrogens is 4. The first kappa shape index (κ1) is 20.5. The number of benzene rings is 1. The minimum absolute atomic E-state index is 0.0471. The van der Waals surface area contributed by atoms with Crippen LogP contribution in [0.3, 0.4) is 0 Å². The van der Waals surface area contributed by atoms with Crippen LogP contribution in [0.5, 0.6) is 0 Å². The lowest BCUT2D eigenvalue weighted by molar-refractivity contribution is 0.0936. The molecule has 1 atom stereocenters. The minimum Gasteiger partial charge on any atom is -0.383 e. The Kier molecular flexibility index (Phi) is 5.55. The van der Waals surface area contributed by atoms with Crippen LogP contribution in [-0.2, 0) is 22.8 Å². The molecule has 2 heterocycles.